The molecule has 3 rings (SSSR count). The van der Waals surface area contributed by atoms with Crippen molar-refractivity contribution in [1.82, 2.24) is 5.16 Å². The molecule has 0 bridgehead atoms. The molecule has 3 aromatic rings. The average Bonchev–Trinajstić information content (AvgIpc) is 2.87. The number of nitrogens with one attached hydrogen (secondary N) is 1. The van der Waals surface area contributed by atoms with Gasteiger partial charge in [-0.15, -0.1) is 5.11 Å². The number of hydrogen-bond donors (Lipinski definition) is 1. The highest BCUT2D eigenvalue weighted by atomic mass is 35.5. The third-order valence-electron chi connectivity index (χ3n) is 2.81. The van der Waals surface area contributed by atoms with Crippen molar-refractivity contribution in [3.8, 4) is 11.3 Å². The maximum Gasteiger partial charge on any atom is 0.385 e. The number of aromatic nitrogens is 1. The Hall–Kier alpha value is -2.66. The van der Waals surface area contributed by atoms with Crippen LogP contribution in [-0.4, -0.2) is 5.16 Å². The van der Waals surface area contributed by atoms with Gasteiger partial charge < -0.3 is 4.52 Å². The summed E-state index contributed by atoms with van der Waals surface area (Å²) in [6.07, 6.45) is 0. The van der Waals surface area contributed by atoms with E-state index in [0.717, 1.165) is 5.56 Å². The van der Waals surface area contributed by atoms with Crippen LogP contribution in [0.5, 0.6) is 0 Å². The van der Waals surface area contributed by atoms with Crippen molar-refractivity contribution in [1.29, 1.82) is 0 Å². The first-order valence-corrected chi connectivity index (χ1v) is 6.56. The number of nitrogens with zero attached hydrogens (tertiary/aromatic N) is 2. The van der Waals surface area contributed by atoms with E-state index in [0.29, 0.717) is 16.4 Å². The molecule has 1 N–H and O–H groups in total. The number of aromatic amines is 1. The Balaban J connectivity index is 2.00. The molecule has 21 heavy (non-hydrogen) atoms. The number of azo groups is 1. The van der Waals surface area contributed by atoms with Gasteiger partial charge in [0, 0.05) is 10.6 Å². The van der Waals surface area contributed by atoms with Gasteiger partial charge in [0.05, 0.1) is 5.69 Å². The molecular formula is C15H10ClN3O2. The van der Waals surface area contributed by atoms with Crippen LogP contribution in [0.15, 0.2) is 74.1 Å². The van der Waals surface area contributed by atoms with Crippen molar-refractivity contribution in [2.24, 2.45) is 10.2 Å². The van der Waals surface area contributed by atoms with Crippen LogP contribution < -0.4 is 5.63 Å². The SMILES string of the molecule is O=c1o[nH]c(-c2ccccc2)c1N=Nc1cccc(Cl)c1. The Morgan fingerprint density at radius 2 is 1.81 bits per heavy atom. The van der Waals surface area contributed by atoms with E-state index in [9.17, 15) is 4.79 Å². The van der Waals surface area contributed by atoms with E-state index < -0.39 is 5.63 Å². The van der Waals surface area contributed by atoms with E-state index in [1.165, 1.54) is 0 Å². The van der Waals surface area contributed by atoms with Crippen molar-refractivity contribution in [2.45, 2.75) is 0 Å². The fourth-order valence-electron chi connectivity index (χ4n) is 1.83. The molecule has 6 heteroatoms. The highest BCUT2D eigenvalue weighted by Gasteiger charge is 2.13. The van der Waals surface area contributed by atoms with Crippen LogP contribution >= 0.6 is 11.6 Å². The number of H-pyrrole nitrogens is 1. The normalized spacial score (nSPS) is 11.1. The minimum absolute atomic E-state index is 0.126. The number of hydrogen-bond acceptors (Lipinski definition) is 4. The van der Waals surface area contributed by atoms with Gasteiger partial charge >= 0.3 is 5.63 Å². The monoisotopic (exact) mass is 299 g/mol. The molecule has 2 aromatic carbocycles. The molecule has 104 valence electrons. The second-order valence-electron chi connectivity index (χ2n) is 4.26. The second-order valence-corrected chi connectivity index (χ2v) is 4.70. The zero-order chi connectivity index (χ0) is 14.7. The first-order valence-electron chi connectivity index (χ1n) is 6.18. The van der Waals surface area contributed by atoms with Crippen LogP contribution in [0, 0.1) is 0 Å². The van der Waals surface area contributed by atoms with Crippen molar-refractivity contribution in [3.63, 3.8) is 0 Å². The van der Waals surface area contributed by atoms with Crippen LogP contribution in [0.2, 0.25) is 5.02 Å². The molecule has 0 aliphatic heterocycles. The van der Waals surface area contributed by atoms with Gasteiger partial charge in [0.2, 0.25) is 0 Å². The topological polar surface area (TPSA) is 70.7 Å². The van der Waals surface area contributed by atoms with Crippen molar-refractivity contribution >= 4 is 23.0 Å². The van der Waals surface area contributed by atoms with Gasteiger partial charge in [-0.2, -0.15) is 5.11 Å². The van der Waals surface area contributed by atoms with E-state index in [1.807, 2.05) is 30.3 Å². The Labute approximate surface area is 124 Å². The summed E-state index contributed by atoms with van der Waals surface area (Å²) < 4.78 is 4.80. The Morgan fingerprint density at radius 3 is 2.57 bits per heavy atom. The number of benzene rings is 2. The van der Waals surface area contributed by atoms with Crippen LogP contribution in [0.4, 0.5) is 11.4 Å². The van der Waals surface area contributed by atoms with Gasteiger partial charge in [0.25, 0.3) is 0 Å². The largest absolute Gasteiger partial charge is 0.385 e. The van der Waals surface area contributed by atoms with E-state index in [2.05, 4.69) is 15.4 Å². The lowest BCUT2D eigenvalue weighted by atomic mass is 10.1. The molecule has 0 unspecified atom stereocenters. The molecule has 1 heterocycles. The second kappa shape index (κ2) is 5.76. The Morgan fingerprint density at radius 1 is 1.00 bits per heavy atom. The predicted molar refractivity (Wildman–Crippen MR) is 80.4 cm³/mol. The zero-order valence-corrected chi connectivity index (χ0v) is 11.5. The van der Waals surface area contributed by atoms with Crippen LogP contribution in [0.3, 0.4) is 0 Å². The summed E-state index contributed by atoms with van der Waals surface area (Å²) in [6.45, 7) is 0. The van der Waals surface area contributed by atoms with E-state index >= 15 is 0 Å². The van der Waals surface area contributed by atoms with E-state index in [4.69, 9.17) is 16.1 Å². The molecule has 0 saturated heterocycles. The van der Waals surface area contributed by atoms with Gasteiger partial charge in [0.1, 0.15) is 5.69 Å². The maximum absolute atomic E-state index is 11.7. The van der Waals surface area contributed by atoms with Gasteiger partial charge in [-0.25, -0.2) is 9.95 Å². The minimum Gasteiger partial charge on any atom is -0.336 e. The predicted octanol–water partition coefficient (Wildman–Crippen LogP) is 4.70. The summed E-state index contributed by atoms with van der Waals surface area (Å²) in [7, 11) is 0. The molecular weight excluding hydrogens is 290 g/mol. The third kappa shape index (κ3) is 2.93. The molecule has 0 aliphatic rings. The molecule has 0 amide bonds. The molecule has 0 saturated carbocycles. The highest BCUT2D eigenvalue weighted by Crippen LogP contribution is 2.27. The summed E-state index contributed by atoms with van der Waals surface area (Å²) in [5, 5.41) is 11.1. The van der Waals surface area contributed by atoms with Crippen molar-refractivity contribution < 1.29 is 4.52 Å². The van der Waals surface area contributed by atoms with E-state index in [-0.39, 0.29) is 5.69 Å². The van der Waals surface area contributed by atoms with Crippen LogP contribution in [0.1, 0.15) is 0 Å². The summed E-state index contributed by atoms with van der Waals surface area (Å²) in [5.41, 5.74) is 1.40. The first-order chi connectivity index (χ1) is 10.2. The van der Waals surface area contributed by atoms with Gasteiger partial charge in [-0.1, -0.05) is 48.0 Å². The standard InChI is InChI=1S/C15H10ClN3O2/c16-11-7-4-8-12(9-11)17-18-14-13(19-21-15(14)20)10-5-2-1-3-6-10/h1-9,19H. The average molecular weight is 300 g/mol. The van der Waals surface area contributed by atoms with Crippen LogP contribution in [0.25, 0.3) is 11.3 Å². The summed E-state index contributed by atoms with van der Waals surface area (Å²) >= 11 is 5.88. The molecule has 1 aromatic heterocycles. The lowest BCUT2D eigenvalue weighted by Crippen LogP contribution is -1.90. The minimum atomic E-state index is -0.570. The first kappa shape index (κ1) is 13.3. The summed E-state index contributed by atoms with van der Waals surface area (Å²) in [5.74, 6) is 0. The smallest absolute Gasteiger partial charge is 0.336 e. The summed E-state index contributed by atoms with van der Waals surface area (Å²) in [6, 6.07) is 16.2. The molecule has 0 radical (unpaired) electrons. The zero-order valence-electron chi connectivity index (χ0n) is 10.8. The lowest BCUT2D eigenvalue weighted by Gasteiger charge is -1.96. The van der Waals surface area contributed by atoms with E-state index in [1.54, 1.807) is 24.3 Å². The van der Waals surface area contributed by atoms with Gasteiger partial charge in [-0.3, -0.25) is 0 Å². The maximum atomic E-state index is 11.7. The van der Waals surface area contributed by atoms with Crippen LogP contribution in [-0.2, 0) is 0 Å². The molecule has 0 fully saturated rings. The fraction of sp³-hybridized carbons (Fsp3) is 0. The molecule has 0 spiro atoms. The fourth-order valence-corrected chi connectivity index (χ4v) is 2.02. The Bertz CT molecular complexity index is 837. The van der Waals surface area contributed by atoms with Gasteiger partial charge in [-0.05, 0) is 18.2 Å². The molecule has 0 aliphatic carbocycles. The lowest BCUT2D eigenvalue weighted by molar-refractivity contribution is 0.394. The van der Waals surface area contributed by atoms with Crippen molar-refractivity contribution in [2.75, 3.05) is 0 Å². The van der Waals surface area contributed by atoms with Crippen molar-refractivity contribution in [3.05, 3.63) is 70.0 Å². The number of halogens is 1. The quantitative estimate of drug-likeness (QED) is 0.712. The summed E-state index contributed by atoms with van der Waals surface area (Å²) in [4.78, 5) is 11.7. The molecule has 5 nitrogen and oxygen atoms in total. The highest BCUT2D eigenvalue weighted by molar-refractivity contribution is 6.30. The van der Waals surface area contributed by atoms with Gasteiger partial charge in [0.15, 0.2) is 5.69 Å². The molecule has 0 atom stereocenters. The third-order valence-corrected chi connectivity index (χ3v) is 3.05. The Kier molecular flexibility index (Phi) is 3.66. The number of rotatable bonds is 3.